The zero-order valence-corrected chi connectivity index (χ0v) is 5.72. The highest BCUT2D eigenvalue weighted by molar-refractivity contribution is 6.37. The van der Waals surface area contributed by atoms with Crippen LogP contribution in [-0.2, 0) is 14.3 Å². The summed E-state index contributed by atoms with van der Waals surface area (Å²) in [5.74, 6) is -1.01. The number of ether oxygens (including phenoxy) is 1. The predicted molar refractivity (Wildman–Crippen MR) is 35.0 cm³/mol. The van der Waals surface area contributed by atoms with Crippen molar-refractivity contribution in [1.82, 2.24) is 0 Å². The summed E-state index contributed by atoms with van der Waals surface area (Å²) in [5, 5.41) is 6.87. The van der Waals surface area contributed by atoms with Gasteiger partial charge in [0, 0.05) is 0 Å². The molecule has 0 atom stereocenters. The van der Waals surface area contributed by atoms with Gasteiger partial charge in [0.2, 0.25) is 5.78 Å². The third kappa shape index (κ3) is 2.96. The molecular formula is C6H9NO3. The van der Waals surface area contributed by atoms with E-state index in [1.165, 1.54) is 0 Å². The molecule has 0 aliphatic carbocycles. The van der Waals surface area contributed by atoms with Crippen molar-refractivity contribution >= 4 is 18.0 Å². The van der Waals surface area contributed by atoms with Gasteiger partial charge >= 0.3 is 0 Å². The lowest BCUT2D eigenvalue weighted by Gasteiger charge is -1.99. The van der Waals surface area contributed by atoms with Crippen LogP contribution >= 0.6 is 0 Å². The van der Waals surface area contributed by atoms with Gasteiger partial charge in [-0.1, -0.05) is 0 Å². The average Bonchev–Trinajstić information content (AvgIpc) is 1.89. The minimum absolute atomic E-state index is 0.265. The Morgan fingerprint density at radius 2 is 2.30 bits per heavy atom. The molecular weight excluding hydrogens is 134 g/mol. The standard InChI is InChI=1S/C6H9NO3/c1-2-10-6(7)5(9)3-4-8/h4,7H,2-3H2,1H3. The number of Topliss-reactive ketones (excluding diaryl/α,β-unsaturated/α-hetero) is 1. The molecule has 0 fully saturated rings. The first kappa shape index (κ1) is 8.81. The molecule has 0 radical (unpaired) electrons. The van der Waals surface area contributed by atoms with E-state index in [2.05, 4.69) is 4.74 Å². The van der Waals surface area contributed by atoms with E-state index in [1.807, 2.05) is 0 Å². The van der Waals surface area contributed by atoms with Crippen LogP contribution in [0.25, 0.3) is 0 Å². The smallest absolute Gasteiger partial charge is 0.250 e. The molecule has 0 aromatic carbocycles. The van der Waals surface area contributed by atoms with Crippen molar-refractivity contribution in [1.29, 1.82) is 5.41 Å². The van der Waals surface area contributed by atoms with E-state index in [-0.39, 0.29) is 13.0 Å². The molecule has 1 N–H and O–H groups in total. The Kier molecular flexibility index (Phi) is 4.11. The maximum Gasteiger partial charge on any atom is 0.250 e. The van der Waals surface area contributed by atoms with E-state index in [0.717, 1.165) is 0 Å². The van der Waals surface area contributed by atoms with Crippen LogP contribution in [0.2, 0.25) is 0 Å². The summed E-state index contributed by atoms with van der Waals surface area (Å²) in [6.45, 7) is 1.95. The third-order valence-electron chi connectivity index (χ3n) is 0.811. The van der Waals surface area contributed by atoms with Crippen LogP contribution < -0.4 is 0 Å². The zero-order valence-electron chi connectivity index (χ0n) is 5.72. The second-order valence-corrected chi connectivity index (χ2v) is 1.56. The number of carbonyl (C=O) groups is 2. The van der Waals surface area contributed by atoms with Crippen LogP contribution in [0.5, 0.6) is 0 Å². The van der Waals surface area contributed by atoms with Crippen molar-refractivity contribution in [3.8, 4) is 0 Å². The topological polar surface area (TPSA) is 67.2 Å². The maximum absolute atomic E-state index is 10.6. The van der Waals surface area contributed by atoms with Crippen molar-refractivity contribution in [2.24, 2.45) is 0 Å². The molecule has 0 spiro atoms. The Labute approximate surface area is 58.7 Å². The Balaban J connectivity index is 3.70. The molecule has 0 bridgehead atoms. The van der Waals surface area contributed by atoms with E-state index < -0.39 is 11.7 Å². The van der Waals surface area contributed by atoms with Crippen molar-refractivity contribution in [3.05, 3.63) is 0 Å². The Morgan fingerprint density at radius 3 is 2.70 bits per heavy atom. The van der Waals surface area contributed by atoms with Crippen LogP contribution in [-0.4, -0.2) is 24.6 Å². The van der Waals surface area contributed by atoms with Crippen molar-refractivity contribution in [2.45, 2.75) is 13.3 Å². The molecule has 0 rings (SSSR count). The minimum Gasteiger partial charge on any atom is -0.476 e. The van der Waals surface area contributed by atoms with Gasteiger partial charge in [-0.25, -0.2) is 0 Å². The molecule has 0 aliphatic rings. The quantitative estimate of drug-likeness (QED) is 0.264. The molecule has 0 heterocycles. The first-order valence-electron chi connectivity index (χ1n) is 2.90. The normalized spacial score (nSPS) is 8.50. The van der Waals surface area contributed by atoms with Crippen molar-refractivity contribution in [2.75, 3.05) is 6.61 Å². The van der Waals surface area contributed by atoms with Gasteiger partial charge in [0.15, 0.2) is 0 Å². The maximum atomic E-state index is 10.6. The lowest BCUT2D eigenvalue weighted by molar-refractivity contribution is -0.118. The average molecular weight is 143 g/mol. The molecule has 0 amide bonds. The van der Waals surface area contributed by atoms with E-state index in [1.54, 1.807) is 6.92 Å². The number of rotatable bonds is 4. The summed E-state index contributed by atoms with van der Waals surface area (Å²) in [4.78, 5) is 20.3. The van der Waals surface area contributed by atoms with Gasteiger partial charge < -0.3 is 9.53 Å². The van der Waals surface area contributed by atoms with E-state index in [0.29, 0.717) is 6.29 Å². The summed E-state index contributed by atoms with van der Waals surface area (Å²) in [6.07, 6.45) is 0.189. The van der Waals surface area contributed by atoms with Gasteiger partial charge in [0.25, 0.3) is 5.90 Å². The van der Waals surface area contributed by atoms with Crippen LogP contribution in [0.15, 0.2) is 0 Å². The highest BCUT2D eigenvalue weighted by Crippen LogP contribution is 1.84. The monoisotopic (exact) mass is 143 g/mol. The summed E-state index contributed by atoms with van der Waals surface area (Å²) in [6, 6.07) is 0. The molecule has 0 saturated carbocycles. The van der Waals surface area contributed by atoms with Crippen molar-refractivity contribution in [3.63, 3.8) is 0 Å². The van der Waals surface area contributed by atoms with Gasteiger partial charge in [-0.15, -0.1) is 0 Å². The molecule has 4 nitrogen and oxygen atoms in total. The number of ketones is 1. The summed E-state index contributed by atoms with van der Waals surface area (Å²) >= 11 is 0. The van der Waals surface area contributed by atoms with Gasteiger partial charge in [-0.05, 0) is 6.92 Å². The summed E-state index contributed by atoms with van der Waals surface area (Å²) in [5.41, 5.74) is 0. The fraction of sp³-hybridized carbons (Fsp3) is 0.500. The Morgan fingerprint density at radius 1 is 1.70 bits per heavy atom. The summed E-state index contributed by atoms with van der Waals surface area (Å²) in [7, 11) is 0. The van der Waals surface area contributed by atoms with Crippen molar-refractivity contribution < 1.29 is 14.3 Å². The fourth-order valence-corrected chi connectivity index (χ4v) is 0.393. The van der Waals surface area contributed by atoms with Gasteiger partial charge in [0.1, 0.15) is 6.29 Å². The van der Waals surface area contributed by atoms with Crippen LogP contribution in [0.3, 0.4) is 0 Å². The SMILES string of the molecule is CCOC(=N)C(=O)CC=O. The number of hydrogen-bond acceptors (Lipinski definition) is 4. The molecule has 56 valence electrons. The molecule has 0 saturated heterocycles. The molecule has 0 aromatic rings. The highest BCUT2D eigenvalue weighted by atomic mass is 16.5. The van der Waals surface area contributed by atoms with E-state index >= 15 is 0 Å². The number of aldehydes is 1. The lowest BCUT2D eigenvalue weighted by Crippen LogP contribution is -2.16. The van der Waals surface area contributed by atoms with Crippen LogP contribution in [0.4, 0.5) is 0 Å². The zero-order chi connectivity index (χ0) is 7.98. The summed E-state index contributed by atoms with van der Waals surface area (Å²) < 4.78 is 4.53. The largest absolute Gasteiger partial charge is 0.476 e. The van der Waals surface area contributed by atoms with Gasteiger partial charge in [0.05, 0.1) is 13.0 Å². The van der Waals surface area contributed by atoms with E-state index in [4.69, 9.17) is 5.41 Å². The fourth-order valence-electron chi connectivity index (χ4n) is 0.393. The predicted octanol–water partition coefficient (Wildman–Crippen LogP) is 0.158. The van der Waals surface area contributed by atoms with Crippen LogP contribution in [0, 0.1) is 5.41 Å². The number of hydrogen-bond donors (Lipinski definition) is 1. The second kappa shape index (κ2) is 4.67. The van der Waals surface area contributed by atoms with Gasteiger partial charge in [-0.3, -0.25) is 10.2 Å². The lowest BCUT2D eigenvalue weighted by atomic mass is 10.3. The second-order valence-electron chi connectivity index (χ2n) is 1.56. The molecule has 10 heavy (non-hydrogen) atoms. The Bertz CT molecular complexity index is 153. The number of nitrogens with one attached hydrogen (secondary N) is 1. The van der Waals surface area contributed by atoms with Gasteiger partial charge in [-0.2, -0.15) is 0 Å². The molecule has 4 heteroatoms. The molecule has 0 aliphatic heterocycles. The first-order chi connectivity index (χ1) is 4.72. The Hall–Kier alpha value is -1.19. The highest BCUT2D eigenvalue weighted by Gasteiger charge is 2.07. The van der Waals surface area contributed by atoms with Crippen LogP contribution in [0.1, 0.15) is 13.3 Å². The van der Waals surface area contributed by atoms with E-state index in [9.17, 15) is 9.59 Å². The molecule has 0 unspecified atom stereocenters. The molecule has 0 aromatic heterocycles. The first-order valence-corrected chi connectivity index (χ1v) is 2.90. The minimum atomic E-state index is -0.572. The number of carbonyl (C=O) groups excluding carboxylic acids is 2. The third-order valence-corrected chi connectivity index (χ3v) is 0.811.